The summed E-state index contributed by atoms with van der Waals surface area (Å²) in [6, 6.07) is 8.24. The van der Waals surface area contributed by atoms with Crippen LogP contribution in [0.5, 0.6) is 0 Å². The van der Waals surface area contributed by atoms with E-state index in [4.69, 9.17) is 0 Å². The maximum atomic E-state index is 12.9. The molecular formula is C20H30N2O2. The number of hydrogen-bond donors (Lipinski definition) is 1. The van der Waals surface area contributed by atoms with Crippen LogP contribution in [-0.2, 0) is 16.1 Å². The fourth-order valence-corrected chi connectivity index (χ4v) is 3.25. The number of nitrogens with zero attached hydrogens (tertiary/aromatic N) is 1. The number of benzene rings is 1. The Morgan fingerprint density at radius 3 is 2.54 bits per heavy atom. The van der Waals surface area contributed by atoms with Crippen LogP contribution in [0, 0.1) is 12.3 Å². The second kappa shape index (κ2) is 7.47. The Bertz CT molecular complexity index is 604. The maximum Gasteiger partial charge on any atom is 0.223 e. The molecule has 2 unspecified atom stereocenters. The van der Waals surface area contributed by atoms with Gasteiger partial charge in [-0.25, -0.2) is 0 Å². The summed E-state index contributed by atoms with van der Waals surface area (Å²) in [6.45, 7) is 11.2. The van der Waals surface area contributed by atoms with E-state index < -0.39 is 0 Å². The molecule has 24 heavy (non-hydrogen) atoms. The minimum absolute atomic E-state index is 0.0477. The molecule has 0 spiro atoms. The number of amides is 1. The molecule has 1 saturated heterocycles. The minimum Gasteiger partial charge on any atom is -0.334 e. The average molecular weight is 330 g/mol. The number of rotatable bonds is 5. The molecule has 2 rings (SSSR count). The van der Waals surface area contributed by atoms with Gasteiger partial charge in [-0.15, -0.1) is 0 Å². The summed E-state index contributed by atoms with van der Waals surface area (Å²) in [4.78, 5) is 26.5. The maximum absolute atomic E-state index is 12.9. The molecule has 132 valence electrons. The number of nitrogens with one attached hydrogen (secondary N) is 1. The van der Waals surface area contributed by atoms with Crippen molar-refractivity contribution in [3.63, 3.8) is 0 Å². The van der Waals surface area contributed by atoms with Gasteiger partial charge in [0.1, 0.15) is 5.78 Å². The SMILES string of the molecule is CC(=O)C1CC(N(Cc2cccc(C)c2)C(=O)CC(C)(C)C)CN1. The molecule has 1 aliphatic heterocycles. The van der Waals surface area contributed by atoms with Gasteiger partial charge in [-0.05, 0) is 31.2 Å². The predicted molar refractivity (Wildman–Crippen MR) is 96.7 cm³/mol. The Kier molecular flexibility index (Phi) is 5.81. The van der Waals surface area contributed by atoms with Crippen LogP contribution >= 0.6 is 0 Å². The third-order valence-electron chi connectivity index (χ3n) is 4.48. The van der Waals surface area contributed by atoms with Gasteiger partial charge in [-0.3, -0.25) is 9.59 Å². The number of carbonyl (C=O) groups excluding carboxylic acids is 2. The highest BCUT2D eigenvalue weighted by molar-refractivity contribution is 5.82. The van der Waals surface area contributed by atoms with Crippen molar-refractivity contribution in [2.45, 2.75) is 66.1 Å². The van der Waals surface area contributed by atoms with Crippen LogP contribution in [0.1, 0.15) is 51.7 Å². The van der Waals surface area contributed by atoms with Gasteiger partial charge < -0.3 is 10.2 Å². The molecule has 1 fully saturated rings. The topological polar surface area (TPSA) is 49.4 Å². The van der Waals surface area contributed by atoms with Crippen molar-refractivity contribution in [3.05, 3.63) is 35.4 Å². The Labute approximate surface area is 145 Å². The normalized spacial score (nSPS) is 20.9. The van der Waals surface area contributed by atoms with E-state index in [1.54, 1.807) is 6.92 Å². The van der Waals surface area contributed by atoms with E-state index in [2.05, 4.69) is 51.2 Å². The van der Waals surface area contributed by atoms with Gasteiger partial charge in [0.2, 0.25) is 5.91 Å². The fraction of sp³-hybridized carbons (Fsp3) is 0.600. The molecule has 1 amide bonds. The third-order valence-corrected chi connectivity index (χ3v) is 4.48. The van der Waals surface area contributed by atoms with Gasteiger partial charge in [0.05, 0.1) is 6.04 Å². The standard InChI is InChI=1S/C20H30N2O2/c1-14-7-6-8-16(9-14)13-22(19(24)11-20(3,4)5)17-10-18(15(2)23)21-12-17/h6-9,17-18,21H,10-13H2,1-5H3. The lowest BCUT2D eigenvalue weighted by Crippen LogP contribution is -2.42. The zero-order chi connectivity index (χ0) is 17.9. The van der Waals surface area contributed by atoms with Crippen LogP contribution in [0.2, 0.25) is 0 Å². The molecule has 1 aromatic rings. The number of aryl methyl sites for hydroxylation is 1. The predicted octanol–water partition coefficient (Wildman–Crippen LogP) is 3.08. The van der Waals surface area contributed by atoms with Crippen molar-refractivity contribution < 1.29 is 9.59 Å². The summed E-state index contributed by atoms with van der Waals surface area (Å²) in [6.07, 6.45) is 1.22. The monoisotopic (exact) mass is 330 g/mol. The molecule has 4 heteroatoms. The zero-order valence-corrected chi connectivity index (χ0v) is 15.6. The first-order valence-corrected chi connectivity index (χ1v) is 8.74. The first kappa shape index (κ1) is 18.7. The van der Waals surface area contributed by atoms with E-state index >= 15 is 0 Å². The Morgan fingerprint density at radius 1 is 1.29 bits per heavy atom. The lowest BCUT2D eigenvalue weighted by Gasteiger charge is -2.31. The van der Waals surface area contributed by atoms with Gasteiger partial charge in [0, 0.05) is 25.6 Å². The van der Waals surface area contributed by atoms with Crippen molar-refractivity contribution in [2.75, 3.05) is 6.54 Å². The van der Waals surface area contributed by atoms with Crippen molar-refractivity contribution >= 4 is 11.7 Å². The smallest absolute Gasteiger partial charge is 0.223 e. The van der Waals surface area contributed by atoms with E-state index in [0.717, 1.165) is 5.56 Å². The van der Waals surface area contributed by atoms with Crippen molar-refractivity contribution in [1.82, 2.24) is 10.2 Å². The van der Waals surface area contributed by atoms with E-state index in [9.17, 15) is 9.59 Å². The lowest BCUT2D eigenvalue weighted by molar-refractivity contribution is -0.136. The largest absolute Gasteiger partial charge is 0.334 e. The molecule has 1 aromatic carbocycles. The van der Waals surface area contributed by atoms with Gasteiger partial charge in [0.15, 0.2) is 0 Å². The molecule has 2 atom stereocenters. The van der Waals surface area contributed by atoms with Crippen LogP contribution in [0.15, 0.2) is 24.3 Å². The summed E-state index contributed by atoms with van der Waals surface area (Å²) in [5, 5.41) is 3.26. The average Bonchev–Trinajstić information content (AvgIpc) is 2.92. The Morgan fingerprint density at radius 2 is 2.00 bits per heavy atom. The minimum atomic E-state index is -0.127. The summed E-state index contributed by atoms with van der Waals surface area (Å²) in [5.41, 5.74) is 2.29. The molecule has 1 N–H and O–H groups in total. The van der Waals surface area contributed by atoms with Crippen LogP contribution in [0.25, 0.3) is 0 Å². The van der Waals surface area contributed by atoms with E-state index in [-0.39, 0.29) is 29.2 Å². The van der Waals surface area contributed by atoms with Gasteiger partial charge >= 0.3 is 0 Å². The molecule has 1 heterocycles. The second-order valence-electron chi connectivity index (χ2n) is 8.21. The highest BCUT2D eigenvalue weighted by Gasteiger charge is 2.34. The van der Waals surface area contributed by atoms with E-state index in [0.29, 0.717) is 25.9 Å². The molecule has 0 aromatic heterocycles. The van der Waals surface area contributed by atoms with Crippen molar-refractivity contribution in [3.8, 4) is 0 Å². The summed E-state index contributed by atoms with van der Waals surface area (Å²) < 4.78 is 0. The van der Waals surface area contributed by atoms with E-state index in [1.807, 2.05) is 11.0 Å². The summed E-state index contributed by atoms with van der Waals surface area (Å²) in [7, 11) is 0. The Balaban J connectivity index is 2.18. The summed E-state index contributed by atoms with van der Waals surface area (Å²) in [5.74, 6) is 0.316. The van der Waals surface area contributed by atoms with Crippen LogP contribution in [0.4, 0.5) is 0 Å². The van der Waals surface area contributed by atoms with Crippen molar-refractivity contribution in [2.24, 2.45) is 5.41 Å². The third kappa shape index (κ3) is 5.17. The second-order valence-corrected chi connectivity index (χ2v) is 8.21. The molecule has 0 bridgehead atoms. The number of Topliss-reactive ketones (excluding diaryl/α,β-unsaturated/α-hetero) is 1. The highest BCUT2D eigenvalue weighted by Crippen LogP contribution is 2.24. The molecule has 0 radical (unpaired) electrons. The first-order chi connectivity index (χ1) is 11.2. The van der Waals surface area contributed by atoms with Crippen LogP contribution in [0.3, 0.4) is 0 Å². The molecule has 0 aliphatic carbocycles. The van der Waals surface area contributed by atoms with Crippen molar-refractivity contribution in [1.29, 1.82) is 0 Å². The number of carbonyl (C=O) groups is 2. The lowest BCUT2D eigenvalue weighted by atomic mass is 9.91. The molecule has 0 saturated carbocycles. The van der Waals surface area contributed by atoms with Gasteiger partial charge in [-0.1, -0.05) is 50.6 Å². The highest BCUT2D eigenvalue weighted by atomic mass is 16.2. The molecule has 4 nitrogen and oxygen atoms in total. The van der Waals surface area contributed by atoms with E-state index in [1.165, 1.54) is 5.56 Å². The zero-order valence-electron chi connectivity index (χ0n) is 15.6. The fourth-order valence-electron chi connectivity index (χ4n) is 3.25. The number of hydrogen-bond acceptors (Lipinski definition) is 3. The molecule has 1 aliphatic rings. The van der Waals surface area contributed by atoms with Crippen LogP contribution in [-0.4, -0.2) is 35.2 Å². The van der Waals surface area contributed by atoms with Gasteiger partial charge in [-0.2, -0.15) is 0 Å². The summed E-state index contributed by atoms with van der Waals surface area (Å²) >= 11 is 0. The Hall–Kier alpha value is -1.68. The molecular weight excluding hydrogens is 300 g/mol. The first-order valence-electron chi connectivity index (χ1n) is 8.74. The van der Waals surface area contributed by atoms with Gasteiger partial charge in [0.25, 0.3) is 0 Å². The quantitative estimate of drug-likeness (QED) is 0.902. The number of ketones is 1. The van der Waals surface area contributed by atoms with Crippen LogP contribution < -0.4 is 5.32 Å².